The maximum atomic E-state index is 6.65. The zero-order valence-electron chi connectivity index (χ0n) is 20.2. The van der Waals surface area contributed by atoms with E-state index in [1.165, 1.54) is 29.5 Å². The Kier molecular flexibility index (Phi) is 7.59. The van der Waals surface area contributed by atoms with Crippen molar-refractivity contribution in [2.45, 2.75) is 57.1 Å². The molecule has 0 spiro atoms. The van der Waals surface area contributed by atoms with Crippen molar-refractivity contribution in [3.8, 4) is 5.75 Å². The molecule has 0 unspecified atom stereocenters. The lowest BCUT2D eigenvalue weighted by molar-refractivity contribution is -0.0910. The smallest absolute Gasteiger partial charge is 0.118 e. The molecule has 3 aliphatic rings. The number of fused-ring (bicyclic) bond motifs is 5. The van der Waals surface area contributed by atoms with Gasteiger partial charge in [0, 0.05) is 38.3 Å². The molecule has 0 aliphatic carbocycles. The highest BCUT2D eigenvalue weighted by molar-refractivity contribution is 5.27. The van der Waals surface area contributed by atoms with E-state index in [2.05, 4.69) is 94.7 Å². The minimum Gasteiger partial charge on any atom is -0.497 e. The van der Waals surface area contributed by atoms with E-state index in [-0.39, 0.29) is 6.10 Å². The van der Waals surface area contributed by atoms with Gasteiger partial charge in [-0.05, 0) is 48.1 Å². The predicted octanol–water partition coefficient (Wildman–Crippen LogP) is 5.52. The van der Waals surface area contributed by atoms with Gasteiger partial charge in [-0.3, -0.25) is 9.80 Å². The van der Waals surface area contributed by atoms with E-state index in [1.54, 1.807) is 7.11 Å². The molecule has 178 valence electrons. The third kappa shape index (κ3) is 5.69. The maximum Gasteiger partial charge on any atom is 0.118 e. The topological polar surface area (TPSA) is 24.9 Å². The molecule has 0 N–H and O–H groups in total. The molecule has 3 aliphatic heterocycles. The Morgan fingerprint density at radius 3 is 2.06 bits per heavy atom. The fraction of sp³-hybridized carbons (Fsp3) is 0.400. The molecule has 6 rings (SSSR count). The molecule has 3 aromatic carbocycles. The summed E-state index contributed by atoms with van der Waals surface area (Å²) in [7, 11) is 1.72. The molecule has 2 bridgehead atoms. The van der Waals surface area contributed by atoms with Crippen molar-refractivity contribution in [2.24, 2.45) is 0 Å². The van der Waals surface area contributed by atoms with Gasteiger partial charge in [0.05, 0.1) is 19.8 Å². The third-order valence-electron chi connectivity index (χ3n) is 7.39. The molecule has 34 heavy (non-hydrogen) atoms. The van der Waals surface area contributed by atoms with E-state index in [4.69, 9.17) is 9.47 Å². The third-order valence-corrected chi connectivity index (χ3v) is 7.39. The molecular weight excluding hydrogens is 420 g/mol. The standard InChI is InChI=1S/C30H36N2O2/c1-33-28-17-15-25(16-18-28)20-32-21-27-13-8-14-30(34-23-26-11-6-3-7-12-26)29(32)22-31(27)19-24-9-4-2-5-10-24/h2-7,9-12,15-18,27,29-30H,8,13-14,19-23H2,1H3/t27-,29+,30+/m0/s1. The molecule has 0 aromatic heterocycles. The molecule has 3 heterocycles. The zero-order chi connectivity index (χ0) is 23.2. The van der Waals surface area contributed by atoms with Crippen LogP contribution in [0.2, 0.25) is 0 Å². The van der Waals surface area contributed by atoms with Crippen molar-refractivity contribution in [1.29, 1.82) is 0 Å². The number of piperazine rings is 1. The van der Waals surface area contributed by atoms with Crippen LogP contribution in [0.3, 0.4) is 0 Å². The second-order valence-electron chi connectivity index (χ2n) is 9.68. The van der Waals surface area contributed by atoms with Crippen LogP contribution in [-0.4, -0.2) is 48.2 Å². The number of hydrogen-bond acceptors (Lipinski definition) is 4. The van der Waals surface area contributed by atoms with Gasteiger partial charge < -0.3 is 9.47 Å². The van der Waals surface area contributed by atoms with E-state index in [1.807, 2.05) is 0 Å². The van der Waals surface area contributed by atoms with Crippen LogP contribution in [0.1, 0.15) is 36.0 Å². The van der Waals surface area contributed by atoms with Crippen LogP contribution in [0.4, 0.5) is 0 Å². The second-order valence-corrected chi connectivity index (χ2v) is 9.68. The Morgan fingerprint density at radius 2 is 1.35 bits per heavy atom. The number of ether oxygens (including phenoxy) is 2. The summed E-state index contributed by atoms with van der Waals surface area (Å²) in [5, 5.41) is 0. The largest absolute Gasteiger partial charge is 0.497 e. The maximum absolute atomic E-state index is 6.65. The molecule has 0 amide bonds. The second kappa shape index (κ2) is 11.2. The van der Waals surface area contributed by atoms with Crippen LogP contribution in [0.5, 0.6) is 5.75 Å². The summed E-state index contributed by atoms with van der Waals surface area (Å²) in [6, 6.07) is 31.0. The molecule has 3 atom stereocenters. The van der Waals surface area contributed by atoms with Gasteiger partial charge in [-0.2, -0.15) is 0 Å². The Bertz CT molecular complexity index is 1010. The summed E-state index contributed by atoms with van der Waals surface area (Å²) in [6.07, 6.45) is 3.82. The molecule has 3 aromatic rings. The van der Waals surface area contributed by atoms with Crippen LogP contribution >= 0.6 is 0 Å². The fourth-order valence-corrected chi connectivity index (χ4v) is 5.53. The first-order chi connectivity index (χ1) is 16.8. The number of methoxy groups -OCH3 is 1. The van der Waals surface area contributed by atoms with E-state index < -0.39 is 0 Å². The van der Waals surface area contributed by atoms with Crippen molar-refractivity contribution < 1.29 is 9.47 Å². The highest BCUT2D eigenvalue weighted by Gasteiger charge is 2.40. The highest BCUT2D eigenvalue weighted by Crippen LogP contribution is 2.31. The number of rotatable bonds is 8. The summed E-state index contributed by atoms with van der Waals surface area (Å²) in [6.45, 7) is 4.80. The van der Waals surface area contributed by atoms with Gasteiger partial charge in [-0.1, -0.05) is 72.8 Å². The van der Waals surface area contributed by atoms with Crippen LogP contribution in [0.15, 0.2) is 84.9 Å². The number of hydrogen-bond donors (Lipinski definition) is 0. The molecule has 4 heteroatoms. The van der Waals surface area contributed by atoms with Crippen LogP contribution < -0.4 is 4.74 Å². The first-order valence-corrected chi connectivity index (χ1v) is 12.6. The highest BCUT2D eigenvalue weighted by atomic mass is 16.5. The van der Waals surface area contributed by atoms with Gasteiger partial charge in [0.1, 0.15) is 5.75 Å². The average molecular weight is 457 g/mol. The van der Waals surface area contributed by atoms with E-state index in [9.17, 15) is 0 Å². The lowest BCUT2D eigenvalue weighted by atomic mass is 9.90. The van der Waals surface area contributed by atoms with Crippen LogP contribution in [0.25, 0.3) is 0 Å². The monoisotopic (exact) mass is 456 g/mol. The van der Waals surface area contributed by atoms with Crippen molar-refractivity contribution in [3.63, 3.8) is 0 Å². The van der Waals surface area contributed by atoms with Gasteiger partial charge >= 0.3 is 0 Å². The summed E-state index contributed by atoms with van der Waals surface area (Å²) in [4.78, 5) is 5.39. The number of benzene rings is 3. The van der Waals surface area contributed by atoms with Gasteiger partial charge in [0.25, 0.3) is 0 Å². The molecule has 0 saturated carbocycles. The summed E-state index contributed by atoms with van der Waals surface area (Å²) in [5.74, 6) is 0.913. The lowest BCUT2D eigenvalue weighted by Gasteiger charge is -2.51. The first kappa shape index (κ1) is 23.1. The van der Waals surface area contributed by atoms with Crippen molar-refractivity contribution in [2.75, 3.05) is 20.2 Å². The minimum atomic E-state index is 0.234. The van der Waals surface area contributed by atoms with Crippen LogP contribution in [-0.2, 0) is 24.4 Å². The van der Waals surface area contributed by atoms with Gasteiger partial charge in [0.2, 0.25) is 0 Å². The first-order valence-electron chi connectivity index (χ1n) is 12.6. The van der Waals surface area contributed by atoms with E-state index >= 15 is 0 Å². The Balaban J connectivity index is 1.35. The molecule has 3 fully saturated rings. The van der Waals surface area contributed by atoms with Gasteiger partial charge in [0.15, 0.2) is 0 Å². The predicted molar refractivity (Wildman–Crippen MR) is 137 cm³/mol. The van der Waals surface area contributed by atoms with E-state index in [0.29, 0.717) is 18.7 Å². The number of nitrogens with zero attached hydrogens (tertiary/aromatic N) is 2. The fourth-order valence-electron chi connectivity index (χ4n) is 5.53. The normalized spacial score (nSPS) is 23.4. The quantitative estimate of drug-likeness (QED) is 0.446. The Labute approximate surface area is 204 Å². The molecule has 4 nitrogen and oxygen atoms in total. The molecule has 3 saturated heterocycles. The van der Waals surface area contributed by atoms with Crippen LogP contribution in [0, 0.1) is 0 Å². The molecule has 0 radical (unpaired) electrons. The summed E-state index contributed by atoms with van der Waals surface area (Å²) < 4.78 is 12.0. The van der Waals surface area contributed by atoms with Gasteiger partial charge in [-0.25, -0.2) is 0 Å². The Hall–Kier alpha value is -2.66. The van der Waals surface area contributed by atoms with Gasteiger partial charge in [-0.15, -0.1) is 0 Å². The lowest BCUT2D eigenvalue weighted by Crippen LogP contribution is -2.62. The minimum absolute atomic E-state index is 0.234. The Morgan fingerprint density at radius 1 is 0.706 bits per heavy atom. The molecular formula is C30H36N2O2. The van der Waals surface area contributed by atoms with Crippen molar-refractivity contribution >= 4 is 0 Å². The van der Waals surface area contributed by atoms with E-state index in [0.717, 1.165) is 38.3 Å². The van der Waals surface area contributed by atoms with Crippen molar-refractivity contribution in [3.05, 3.63) is 102 Å². The summed E-state index contributed by atoms with van der Waals surface area (Å²) >= 11 is 0. The zero-order valence-corrected chi connectivity index (χ0v) is 20.2. The summed E-state index contributed by atoms with van der Waals surface area (Å²) in [5.41, 5.74) is 3.99. The average Bonchev–Trinajstić information content (AvgIpc) is 2.87. The van der Waals surface area contributed by atoms with Crippen molar-refractivity contribution in [1.82, 2.24) is 9.80 Å². The SMILES string of the molecule is COc1ccc(CN2C[C@@H]3CCC[C@@H](OCc4ccccc4)[C@H]2CN3Cc2ccccc2)cc1.